The molecule has 1 aromatic rings. The first-order chi connectivity index (χ1) is 8.09. The molecule has 1 heterocycles. The quantitative estimate of drug-likeness (QED) is 0.596. The van der Waals surface area contributed by atoms with Gasteiger partial charge in [-0.05, 0) is 19.8 Å². The Kier molecular flexibility index (Phi) is 3.21. The maximum Gasteiger partial charge on any atom is 0.186 e. The van der Waals surface area contributed by atoms with E-state index in [4.69, 9.17) is 11.1 Å². The highest BCUT2D eigenvalue weighted by atomic mass is 19.1. The van der Waals surface area contributed by atoms with Crippen LogP contribution in [0.1, 0.15) is 25.0 Å². The van der Waals surface area contributed by atoms with E-state index in [0.717, 1.165) is 12.8 Å². The van der Waals surface area contributed by atoms with Crippen LogP contribution in [0.3, 0.4) is 0 Å². The Hall–Kier alpha value is -1.72. The van der Waals surface area contributed by atoms with E-state index < -0.39 is 0 Å². The summed E-state index contributed by atoms with van der Waals surface area (Å²) in [6, 6.07) is 0.332. The van der Waals surface area contributed by atoms with Gasteiger partial charge in [0, 0.05) is 19.0 Å². The minimum atomic E-state index is -0.372. The summed E-state index contributed by atoms with van der Waals surface area (Å²) in [7, 11) is 0. The second-order valence-electron chi connectivity index (χ2n) is 4.30. The summed E-state index contributed by atoms with van der Waals surface area (Å²) in [4.78, 5) is 9.72. The zero-order chi connectivity index (χ0) is 12.4. The lowest BCUT2D eigenvalue weighted by molar-refractivity contribution is 0.588. The minimum absolute atomic E-state index is 0.113. The lowest BCUT2D eigenvalue weighted by Gasteiger charge is -2.23. The Morgan fingerprint density at radius 1 is 1.59 bits per heavy atom. The van der Waals surface area contributed by atoms with E-state index in [1.54, 1.807) is 6.92 Å². The standard InChI is InChI=1S/C11H16FN5/c1-7-10(12)11(16-6-15-7)17(8-2-3-8)5-4-9(13)14/h6,8H,2-5H2,1H3,(H3,13,14). The molecule has 0 amide bonds. The van der Waals surface area contributed by atoms with Crippen LogP contribution in [0.2, 0.25) is 0 Å². The van der Waals surface area contributed by atoms with Crippen molar-refractivity contribution in [1.82, 2.24) is 9.97 Å². The van der Waals surface area contributed by atoms with Gasteiger partial charge in [-0.25, -0.2) is 14.4 Å². The van der Waals surface area contributed by atoms with Crippen LogP contribution in [0.5, 0.6) is 0 Å². The molecule has 1 saturated carbocycles. The maximum atomic E-state index is 13.9. The van der Waals surface area contributed by atoms with Gasteiger partial charge in [0.05, 0.1) is 11.5 Å². The first-order valence-electron chi connectivity index (χ1n) is 5.66. The number of hydrogen-bond donors (Lipinski definition) is 2. The third-order valence-corrected chi connectivity index (χ3v) is 2.83. The molecule has 0 aliphatic heterocycles. The Labute approximate surface area is 99.4 Å². The Morgan fingerprint density at radius 2 is 2.29 bits per heavy atom. The number of hydrogen-bond acceptors (Lipinski definition) is 4. The van der Waals surface area contributed by atoms with E-state index in [0.29, 0.717) is 30.5 Å². The lowest BCUT2D eigenvalue weighted by Crippen LogP contribution is -2.31. The molecule has 0 radical (unpaired) electrons. The smallest absolute Gasteiger partial charge is 0.186 e. The normalized spacial score (nSPS) is 14.7. The van der Waals surface area contributed by atoms with E-state index in [2.05, 4.69) is 9.97 Å². The fourth-order valence-corrected chi connectivity index (χ4v) is 1.73. The van der Waals surface area contributed by atoms with Crippen LogP contribution in [0.4, 0.5) is 10.2 Å². The third kappa shape index (κ3) is 2.69. The van der Waals surface area contributed by atoms with Gasteiger partial charge in [-0.1, -0.05) is 0 Å². The molecule has 92 valence electrons. The number of nitrogens with one attached hydrogen (secondary N) is 1. The van der Waals surface area contributed by atoms with E-state index in [-0.39, 0.29) is 11.7 Å². The van der Waals surface area contributed by atoms with Crippen molar-refractivity contribution >= 4 is 11.7 Å². The molecule has 3 N–H and O–H groups in total. The molecule has 0 spiro atoms. The summed E-state index contributed by atoms with van der Waals surface area (Å²) in [5.74, 6) is 0.0750. The number of nitrogens with zero attached hydrogens (tertiary/aromatic N) is 3. The highest BCUT2D eigenvalue weighted by molar-refractivity contribution is 5.77. The van der Waals surface area contributed by atoms with Gasteiger partial charge in [-0.2, -0.15) is 0 Å². The number of anilines is 1. The molecule has 0 saturated heterocycles. The second kappa shape index (κ2) is 4.65. The van der Waals surface area contributed by atoms with Crippen molar-refractivity contribution in [2.75, 3.05) is 11.4 Å². The highest BCUT2D eigenvalue weighted by Crippen LogP contribution is 2.32. The van der Waals surface area contributed by atoms with Gasteiger partial charge in [0.15, 0.2) is 11.6 Å². The summed E-state index contributed by atoms with van der Waals surface area (Å²) in [5, 5.41) is 7.23. The van der Waals surface area contributed by atoms with Crippen molar-refractivity contribution in [3.63, 3.8) is 0 Å². The molecular weight excluding hydrogens is 221 g/mol. The average Bonchev–Trinajstić information content (AvgIpc) is 3.08. The fraction of sp³-hybridized carbons (Fsp3) is 0.545. The maximum absolute atomic E-state index is 13.9. The summed E-state index contributed by atoms with van der Waals surface area (Å²) < 4.78 is 13.9. The minimum Gasteiger partial charge on any atom is -0.388 e. The van der Waals surface area contributed by atoms with E-state index in [9.17, 15) is 4.39 Å². The van der Waals surface area contributed by atoms with Crippen molar-refractivity contribution in [1.29, 1.82) is 5.41 Å². The van der Waals surface area contributed by atoms with E-state index >= 15 is 0 Å². The number of aromatic nitrogens is 2. The van der Waals surface area contributed by atoms with Gasteiger partial charge >= 0.3 is 0 Å². The number of aryl methyl sites for hydroxylation is 1. The molecule has 17 heavy (non-hydrogen) atoms. The molecule has 6 heteroatoms. The average molecular weight is 237 g/mol. The van der Waals surface area contributed by atoms with Crippen LogP contribution in [-0.4, -0.2) is 28.4 Å². The zero-order valence-corrected chi connectivity index (χ0v) is 9.78. The summed E-state index contributed by atoms with van der Waals surface area (Å²) in [5.41, 5.74) is 5.69. The SMILES string of the molecule is Cc1ncnc(N(CCC(=N)N)C2CC2)c1F. The van der Waals surface area contributed by atoms with Gasteiger partial charge in [0.25, 0.3) is 0 Å². The lowest BCUT2D eigenvalue weighted by atomic mass is 10.3. The molecule has 0 aromatic carbocycles. The number of nitrogens with two attached hydrogens (primary N) is 1. The molecule has 2 rings (SSSR count). The number of rotatable bonds is 5. The Balaban J connectivity index is 2.20. The van der Waals surface area contributed by atoms with Crippen molar-refractivity contribution < 1.29 is 4.39 Å². The number of halogens is 1. The van der Waals surface area contributed by atoms with Gasteiger partial charge in [0.1, 0.15) is 6.33 Å². The number of amidine groups is 1. The predicted octanol–water partition coefficient (Wildman–Crippen LogP) is 1.22. The first kappa shape index (κ1) is 11.8. The Morgan fingerprint density at radius 3 is 2.88 bits per heavy atom. The fourth-order valence-electron chi connectivity index (χ4n) is 1.73. The van der Waals surface area contributed by atoms with Gasteiger partial charge in [-0.15, -0.1) is 0 Å². The molecule has 1 aromatic heterocycles. The molecule has 1 fully saturated rings. The van der Waals surface area contributed by atoms with Crippen molar-refractivity contribution in [3.05, 3.63) is 17.8 Å². The van der Waals surface area contributed by atoms with Crippen LogP contribution in [0.25, 0.3) is 0 Å². The molecule has 0 atom stereocenters. The van der Waals surface area contributed by atoms with Gasteiger partial charge in [-0.3, -0.25) is 5.41 Å². The van der Waals surface area contributed by atoms with Crippen LogP contribution in [-0.2, 0) is 0 Å². The topological polar surface area (TPSA) is 78.9 Å². The van der Waals surface area contributed by atoms with E-state index in [1.807, 2.05) is 4.90 Å². The van der Waals surface area contributed by atoms with Gasteiger partial charge in [0.2, 0.25) is 0 Å². The van der Waals surface area contributed by atoms with Crippen molar-refractivity contribution in [2.24, 2.45) is 5.73 Å². The third-order valence-electron chi connectivity index (χ3n) is 2.83. The van der Waals surface area contributed by atoms with Crippen molar-refractivity contribution in [3.8, 4) is 0 Å². The van der Waals surface area contributed by atoms with Gasteiger partial charge < -0.3 is 10.6 Å². The molecule has 1 aliphatic rings. The molecule has 0 bridgehead atoms. The predicted molar refractivity (Wildman–Crippen MR) is 63.6 cm³/mol. The highest BCUT2D eigenvalue weighted by Gasteiger charge is 2.31. The Bertz CT molecular complexity index is 430. The van der Waals surface area contributed by atoms with E-state index in [1.165, 1.54) is 6.33 Å². The summed E-state index contributed by atoms with van der Waals surface area (Å²) in [6.45, 7) is 2.16. The molecule has 5 nitrogen and oxygen atoms in total. The monoisotopic (exact) mass is 237 g/mol. The largest absolute Gasteiger partial charge is 0.388 e. The van der Waals surface area contributed by atoms with Crippen LogP contribution < -0.4 is 10.6 Å². The summed E-state index contributed by atoms with van der Waals surface area (Å²) >= 11 is 0. The van der Waals surface area contributed by atoms with Crippen LogP contribution >= 0.6 is 0 Å². The second-order valence-corrected chi connectivity index (χ2v) is 4.30. The van der Waals surface area contributed by atoms with Crippen LogP contribution in [0.15, 0.2) is 6.33 Å². The zero-order valence-electron chi connectivity index (χ0n) is 9.78. The molecule has 1 aliphatic carbocycles. The molecular formula is C11H16FN5. The van der Waals surface area contributed by atoms with Crippen molar-refractivity contribution in [2.45, 2.75) is 32.2 Å². The first-order valence-corrected chi connectivity index (χ1v) is 5.66. The summed E-state index contributed by atoms with van der Waals surface area (Å²) in [6.07, 6.45) is 3.89. The molecule has 0 unspecified atom stereocenters. The van der Waals surface area contributed by atoms with Crippen LogP contribution in [0, 0.1) is 18.2 Å².